The van der Waals surface area contributed by atoms with Crippen molar-refractivity contribution in [3.05, 3.63) is 65.5 Å². The number of hydrogen-bond acceptors (Lipinski definition) is 2. The SMILES string of the molecule is CCOc1ccccc1C(=O)NCC#Cc1ccc(F)cc1. The van der Waals surface area contributed by atoms with Gasteiger partial charge < -0.3 is 10.1 Å². The molecule has 0 aliphatic carbocycles. The molecule has 2 aromatic rings. The van der Waals surface area contributed by atoms with Crippen LogP contribution in [-0.4, -0.2) is 19.1 Å². The van der Waals surface area contributed by atoms with Crippen molar-refractivity contribution in [3.8, 4) is 17.6 Å². The fraction of sp³-hybridized carbons (Fsp3) is 0.167. The van der Waals surface area contributed by atoms with Crippen LogP contribution in [0.15, 0.2) is 48.5 Å². The number of rotatable bonds is 4. The molecule has 2 rings (SSSR count). The Balaban J connectivity index is 1.95. The van der Waals surface area contributed by atoms with Crippen molar-refractivity contribution in [2.45, 2.75) is 6.92 Å². The minimum atomic E-state index is -0.300. The topological polar surface area (TPSA) is 38.3 Å². The third-order valence-corrected chi connectivity index (χ3v) is 2.85. The molecule has 0 spiro atoms. The molecule has 0 aromatic heterocycles. The fourth-order valence-corrected chi connectivity index (χ4v) is 1.83. The number of benzene rings is 2. The maximum atomic E-state index is 12.8. The fourth-order valence-electron chi connectivity index (χ4n) is 1.83. The quantitative estimate of drug-likeness (QED) is 0.881. The van der Waals surface area contributed by atoms with Gasteiger partial charge in [-0.05, 0) is 43.3 Å². The largest absolute Gasteiger partial charge is 0.493 e. The zero-order valence-electron chi connectivity index (χ0n) is 12.2. The Hall–Kier alpha value is -2.80. The molecule has 1 N–H and O–H groups in total. The molecule has 0 bridgehead atoms. The van der Waals surface area contributed by atoms with Gasteiger partial charge >= 0.3 is 0 Å². The highest BCUT2D eigenvalue weighted by atomic mass is 19.1. The number of hydrogen-bond donors (Lipinski definition) is 1. The van der Waals surface area contributed by atoms with E-state index < -0.39 is 0 Å². The van der Waals surface area contributed by atoms with Crippen LogP contribution >= 0.6 is 0 Å². The lowest BCUT2D eigenvalue weighted by Gasteiger charge is -2.08. The minimum absolute atomic E-state index is 0.205. The van der Waals surface area contributed by atoms with Crippen molar-refractivity contribution in [3.63, 3.8) is 0 Å². The molecule has 0 unspecified atom stereocenters. The van der Waals surface area contributed by atoms with Gasteiger partial charge in [-0.1, -0.05) is 24.0 Å². The molecule has 0 atom stereocenters. The van der Waals surface area contributed by atoms with E-state index >= 15 is 0 Å². The molecule has 0 fully saturated rings. The summed E-state index contributed by atoms with van der Waals surface area (Å²) in [6.45, 7) is 2.56. The second-order valence-electron chi connectivity index (χ2n) is 4.42. The van der Waals surface area contributed by atoms with Gasteiger partial charge in [-0.3, -0.25) is 4.79 Å². The van der Waals surface area contributed by atoms with Crippen LogP contribution in [0, 0.1) is 17.7 Å². The Bertz CT molecular complexity index is 699. The summed E-state index contributed by atoms with van der Waals surface area (Å²) in [5.41, 5.74) is 1.18. The van der Waals surface area contributed by atoms with Gasteiger partial charge in [0, 0.05) is 5.56 Å². The second-order valence-corrected chi connectivity index (χ2v) is 4.42. The summed E-state index contributed by atoms with van der Waals surface area (Å²) in [6, 6.07) is 12.9. The van der Waals surface area contributed by atoms with Gasteiger partial charge in [-0.25, -0.2) is 4.39 Å². The maximum Gasteiger partial charge on any atom is 0.255 e. The van der Waals surface area contributed by atoms with Gasteiger partial charge in [0.05, 0.1) is 18.7 Å². The first-order chi connectivity index (χ1) is 10.7. The van der Waals surface area contributed by atoms with Gasteiger partial charge in [0.15, 0.2) is 0 Å². The predicted octanol–water partition coefficient (Wildman–Crippen LogP) is 3.01. The molecule has 0 saturated carbocycles. The van der Waals surface area contributed by atoms with Gasteiger partial charge in [0.25, 0.3) is 5.91 Å². The van der Waals surface area contributed by atoms with Gasteiger partial charge in [-0.2, -0.15) is 0 Å². The molecule has 0 aliphatic rings. The summed E-state index contributed by atoms with van der Waals surface area (Å²) in [6.07, 6.45) is 0. The summed E-state index contributed by atoms with van der Waals surface area (Å²) in [5.74, 6) is 5.70. The van der Waals surface area contributed by atoms with E-state index in [-0.39, 0.29) is 18.3 Å². The van der Waals surface area contributed by atoms with Crippen LogP contribution in [0.5, 0.6) is 5.75 Å². The number of para-hydroxylation sites is 1. The minimum Gasteiger partial charge on any atom is -0.493 e. The molecular weight excluding hydrogens is 281 g/mol. The predicted molar refractivity (Wildman–Crippen MR) is 83.2 cm³/mol. The van der Waals surface area contributed by atoms with Crippen molar-refractivity contribution in [2.24, 2.45) is 0 Å². The van der Waals surface area contributed by atoms with E-state index in [0.29, 0.717) is 23.5 Å². The van der Waals surface area contributed by atoms with Crippen molar-refractivity contribution in [1.82, 2.24) is 5.32 Å². The zero-order chi connectivity index (χ0) is 15.8. The van der Waals surface area contributed by atoms with Gasteiger partial charge in [0.1, 0.15) is 11.6 Å². The third-order valence-electron chi connectivity index (χ3n) is 2.85. The van der Waals surface area contributed by atoms with Gasteiger partial charge in [0.2, 0.25) is 0 Å². The molecule has 4 heteroatoms. The highest BCUT2D eigenvalue weighted by Gasteiger charge is 2.10. The summed E-state index contributed by atoms with van der Waals surface area (Å²) in [5, 5.41) is 2.71. The van der Waals surface area contributed by atoms with Crippen molar-refractivity contribution < 1.29 is 13.9 Å². The molecule has 3 nitrogen and oxygen atoms in total. The summed E-state index contributed by atoms with van der Waals surface area (Å²) in [4.78, 5) is 12.1. The lowest BCUT2D eigenvalue weighted by Crippen LogP contribution is -2.24. The third kappa shape index (κ3) is 4.35. The highest BCUT2D eigenvalue weighted by molar-refractivity contribution is 5.97. The van der Waals surface area contributed by atoms with E-state index in [4.69, 9.17) is 4.74 Å². The van der Waals surface area contributed by atoms with E-state index in [0.717, 1.165) is 0 Å². The van der Waals surface area contributed by atoms with Crippen LogP contribution in [-0.2, 0) is 0 Å². The number of nitrogens with one attached hydrogen (secondary N) is 1. The first-order valence-corrected chi connectivity index (χ1v) is 6.95. The normalized spacial score (nSPS) is 9.55. The van der Waals surface area contributed by atoms with Crippen LogP contribution in [0.25, 0.3) is 0 Å². The zero-order valence-corrected chi connectivity index (χ0v) is 12.2. The van der Waals surface area contributed by atoms with Crippen molar-refractivity contribution in [1.29, 1.82) is 0 Å². The van der Waals surface area contributed by atoms with Crippen LogP contribution in [0.1, 0.15) is 22.8 Å². The van der Waals surface area contributed by atoms with Gasteiger partial charge in [-0.15, -0.1) is 0 Å². The number of ether oxygens (including phenoxy) is 1. The standard InChI is InChI=1S/C18H16FNO2/c1-2-22-17-8-4-3-7-16(17)18(21)20-13-5-6-14-9-11-15(19)12-10-14/h3-4,7-12H,2,13H2,1H3,(H,20,21). The first-order valence-electron chi connectivity index (χ1n) is 6.95. The van der Waals surface area contributed by atoms with Crippen LogP contribution in [0.3, 0.4) is 0 Å². The average Bonchev–Trinajstić information content (AvgIpc) is 2.54. The summed E-state index contributed by atoms with van der Waals surface area (Å²) in [7, 11) is 0. The Morgan fingerprint density at radius 3 is 2.64 bits per heavy atom. The number of halogens is 1. The Kier molecular flexibility index (Phi) is 5.56. The highest BCUT2D eigenvalue weighted by Crippen LogP contribution is 2.17. The molecule has 0 saturated heterocycles. The lowest BCUT2D eigenvalue weighted by atomic mass is 10.2. The molecule has 0 heterocycles. The van der Waals surface area contributed by atoms with Crippen LogP contribution < -0.4 is 10.1 Å². The number of amides is 1. The van der Waals surface area contributed by atoms with E-state index in [1.807, 2.05) is 13.0 Å². The Morgan fingerprint density at radius 2 is 1.91 bits per heavy atom. The summed E-state index contributed by atoms with van der Waals surface area (Å²) >= 11 is 0. The lowest BCUT2D eigenvalue weighted by molar-refractivity contribution is 0.0955. The molecule has 22 heavy (non-hydrogen) atoms. The van der Waals surface area contributed by atoms with E-state index in [1.54, 1.807) is 30.3 Å². The van der Waals surface area contributed by atoms with Crippen molar-refractivity contribution >= 4 is 5.91 Å². The first kappa shape index (κ1) is 15.6. The maximum absolute atomic E-state index is 12.8. The van der Waals surface area contributed by atoms with Crippen molar-refractivity contribution in [2.75, 3.05) is 13.2 Å². The molecule has 0 aliphatic heterocycles. The van der Waals surface area contributed by atoms with Crippen LogP contribution in [0.2, 0.25) is 0 Å². The van der Waals surface area contributed by atoms with E-state index in [1.165, 1.54) is 12.1 Å². The Labute approximate surface area is 129 Å². The average molecular weight is 297 g/mol. The molecular formula is C18H16FNO2. The van der Waals surface area contributed by atoms with E-state index in [2.05, 4.69) is 17.2 Å². The molecule has 2 aromatic carbocycles. The van der Waals surface area contributed by atoms with E-state index in [9.17, 15) is 9.18 Å². The number of carbonyl (C=O) groups is 1. The smallest absolute Gasteiger partial charge is 0.255 e. The summed E-state index contributed by atoms with van der Waals surface area (Å²) < 4.78 is 18.2. The molecule has 112 valence electrons. The number of carbonyl (C=O) groups excluding carboxylic acids is 1. The monoisotopic (exact) mass is 297 g/mol. The molecule has 0 radical (unpaired) electrons. The second kappa shape index (κ2) is 7.84. The molecule has 1 amide bonds. The Morgan fingerprint density at radius 1 is 1.18 bits per heavy atom. The van der Waals surface area contributed by atoms with Crippen LogP contribution in [0.4, 0.5) is 4.39 Å².